The summed E-state index contributed by atoms with van der Waals surface area (Å²) in [4.78, 5) is 8.43. The van der Waals surface area contributed by atoms with E-state index in [2.05, 4.69) is 16.9 Å². The molecule has 0 saturated heterocycles. The van der Waals surface area contributed by atoms with Gasteiger partial charge in [0.2, 0.25) is 11.6 Å². The van der Waals surface area contributed by atoms with Crippen LogP contribution in [0.3, 0.4) is 0 Å². The molecule has 1 atom stereocenters. The molecule has 0 aliphatic heterocycles. The van der Waals surface area contributed by atoms with Crippen molar-refractivity contribution in [1.82, 2.24) is 9.97 Å². The summed E-state index contributed by atoms with van der Waals surface area (Å²) in [5, 5.41) is 0. The van der Waals surface area contributed by atoms with Crippen molar-refractivity contribution in [2.75, 3.05) is 19.5 Å². The van der Waals surface area contributed by atoms with Gasteiger partial charge in [0, 0.05) is 11.8 Å². The highest BCUT2D eigenvalue weighted by Crippen LogP contribution is 2.61. The van der Waals surface area contributed by atoms with E-state index in [4.69, 9.17) is 30.3 Å². The highest BCUT2D eigenvalue weighted by atomic mass is 32.9. The quantitative estimate of drug-likeness (QED) is 0.530. The van der Waals surface area contributed by atoms with Crippen LogP contribution in [0.4, 0.5) is 0 Å². The molecule has 9 heteroatoms. The van der Waals surface area contributed by atoms with E-state index >= 15 is 0 Å². The Balaban J connectivity index is 2.83. The van der Waals surface area contributed by atoms with E-state index in [0.29, 0.717) is 18.2 Å². The van der Waals surface area contributed by atoms with Crippen LogP contribution in [0.1, 0.15) is 39.8 Å². The molecule has 0 fully saturated rings. The van der Waals surface area contributed by atoms with Crippen LogP contribution in [0.2, 0.25) is 0 Å². The van der Waals surface area contributed by atoms with Crippen LogP contribution in [0.15, 0.2) is 6.07 Å². The molecule has 0 saturated carbocycles. The highest BCUT2D eigenvalue weighted by Gasteiger charge is 2.20. The van der Waals surface area contributed by atoms with Crippen molar-refractivity contribution in [2.45, 2.75) is 46.8 Å². The van der Waals surface area contributed by atoms with Crippen molar-refractivity contribution < 1.29 is 18.5 Å². The molecule has 0 aliphatic carbocycles. The lowest BCUT2D eigenvalue weighted by atomic mass is 10.4. The largest absolute Gasteiger partial charge is 0.475 e. The van der Waals surface area contributed by atoms with Gasteiger partial charge in [-0.25, -0.2) is 0 Å². The van der Waals surface area contributed by atoms with Gasteiger partial charge in [0.1, 0.15) is 0 Å². The van der Waals surface area contributed by atoms with Gasteiger partial charge in [-0.3, -0.25) is 0 Å². The van der Waals surface area contributed by atoms with E-state index < -0.39 is 5.69 Å². The molecule has 0 bridgehead atoms. The molecule has 1 aromatic rings. The maximum absolute atomic E-state index is 5.88. The Morgan fingerprint density at radius 1 is 1.26 bits per heavy atom. The van der Waals surface area contributed by atoms with Crippen LogP contribution >= 0.6 is 17.1 Å². The first-order chi connectivity index (χ1) is 10.9. The second kappa shape index (κ2) is 10.5. The Morgan fingerprint density at radius 2 is 2.00 bits per heavy atom. The minimum absolute atomic E-state index is 0.0115. The molecule has 0 aliphatic rings. The molecular formula is C14H25N2O4PS2. The fourth-order valence-corrected chi connectivity index (χ4v) is 6.06. The number of hydrogen-bond acceptors (Lipinski definition) is 8. The predicted octanol–water partition coefficient (Wildman–Crippen LogP) is 4.19. The SMILES string of the molecule is CCCS[P@@](=S)(OCC)OCc1cc(OC(C)C)nc(OC)n1. The Kier molecular flexibility index (Phi) is 9.39. The zero-order chi connectivity index (χ0) is 17.3. The summed E-state index contributed by atoms with van der Waals surface area (Å²) in [6, 6.07) is 1.98. The van der Waals surface area contributed by atoms with E-state index in [1.165, 1.54) is 7.11 Å². The van der Waals surface area contributed by atoms with Gasteiger partial charge in [0.25, 0.3) is 0 Å². The van der Waals surface area contributed by atoms with Crippen molar-refractivity contribution in [1.29, 1.82) is 0 Å². The highest BCUT2D eigenvalue weighted by molar-refractivity contribution is 8.67. The van der Waals surface area contributed by atoms with Crippen LogP contribution in [0.5, 0.6) is 11.9 Å². The van der Waals surface area contributed by atoms with Crippen molar-refractivity contribution in [3.8, 4) is 11.9 Å². The lowest BCUT2D eigenvalue weighted by molar-refractivity contribution is 0.224. The fourth-order valence-electron chi connectivity index (χ4n) is 1.53. The molecule has 0 unspecified atom stereocenters. The van der Waals surface area contributed by atoms with Crippen molar-refractivity contribution in [2.24, 2.45) is 0 Å². The Bertz CT molecular complexity index is 531. The molecule has 0 radical (unpaired) electrons. The van der Waals surface area contributed by atoms with Gasteiger partial charge >= 0.3 is 6.01 Å². The van der Waals surface area contributed by atoms with Gasteiger partial charge in [-0.05, 0) is 39.0 Å². The molecule has 1 heterocycles. The van der Waals surface area contributed by atoms with Gasteiger partial charge in [0.05, 0.1) is 32.1 Å². The van der Waals surface area contributed by atoms with Crippen LogP contribution in [-0.4, -0.2) is 35.5 Å². The lowest BCUT2D eigenvalue weighted by Crippen LogP contribution is -2.09. The summed E-state index contributed by atoms with van der Waals surface area (Å²) in [5.41, 5.74) is -1.71. The van der Waals surface area contributed by atoms with Crippen LogP contribution in [-0.2, 0) is 27.5 Å². The van der Waals surface area contributed by atoms with E-state index in [-0.39, 0.29) is 18.7 Å². The molecule has 1 rings (SSSR count). The molecule has 132 valence electrons. The Labute approximate surface area is 147 Å². The zero-order valence-corrected chi connectivity index (χ0v) is 16.8. The first-order valence-corrected chi connectivity index (χ1v) is 11.8. The Morgan fingerprint density at radius 3 is 2.57 bits per heavy atom. The van der Waals surface area contributed by atoms with Crippen LogP contribution < -0.4 is 9.47 Å². The number of methoxy groups -OCH3 is 1. The maximum atomic E-state index is 5.88. The monoisotopic (exact) mass is 380 g/mol. The Hall–Kier alpha value is -0.400. The summed E-state index contributed by atoms with van der Waals surface area (Å²) in [5.74, 6) is 1.36. The average Bonchev–Trinajstić information content (AvgIpc) is 2.50. The number of rotatable bonds is 11. The molecule has 0 amide bonds. The van der Waals surface area contributed by atoms with E-state index in [0.717, 1.165) is 12.2 Å². The van der Waals surface area contributed by atoms with E-state index in [9.17, 15) is 0 Å². The van der Waals surface area contributed by atoms with Crippen molar-refractivity contribution in [3.63, 3.8) is 0 Å². The summed E-state index contributed by atoms with van der Waals surface area (Å²) in [7, 11) is 1.51. The number of aromatic nitrogens is 2. The zero-order valence-electron chi connectivity index (χ0n) is 14.3. The van der Waals surface area contributed by atoms with Gasteiger partial charge in [-0.15, -0.1) is 0 Å². The van der Waals surface area contributed by atoms with Crippen molar-refractivity contribution in [3.05, 3.63) is 11.8 Å². The van der Waals surface area contributed by atoms with Crippen LogP contribution in [0.25, 0.3) is 0 Å². The van der Waals surface area contributed by atoms with Crippen molar-refractivity contribution >= 4 is 28.9 Å². The van der Waals surface area contributed by atoms with Gasteiger partial charge < -0.3 is 18.5 Å². The first-order valence-electron chi connectivity index (χ1n) is 7.54. The number of hydrogen-bond donors (Lipinski definition) is 0. The third kappa shape index (κ3) is 7.81. The molecule has 0 spiro atoms. The minimum Gasteiger partial charge on any atom is -0.475 e. The maximum Gasteiger partial charge on any atom is 0.319 e. The second-order valence-corrected chi connectivity index (χ2v) is 11.3. The predicted molar refractivity (Wildman–Crippen MR) is 97.8 cm³/mol. The molecule has 6 nitrogen and oxygen atoms in total. The summed E-state index contributed by atoms with van der Waals surface area (Å²) in [6.45, 7) is 8.65. The van der Waals surface area contributed by atoms with Gasteiger partial charge in [0.15, 0.2) is 0 Å². The smallest absolute Gasteiger partial charge is 0.319 e. The fraction of sp³-hybridized carbons (Fsp3) is 0.714. The second-order valence-electron chi connectivity index (χ2n) is 4.82. The summed E-state index contributed by atoms with van der Waals surface area (Å²) < 4.78 is 22.3. The molecule has 0 N–H and O–H groups in total. The first kappa shape index (κ1) is 20.6. The average molecular weight is 380 g/mol. The third-order valence-electron chi connectivity index (χ3n) is 2.39. The molecule has 1 aromatic heterocycles. The number of nitrogens with zero attached hydrogens (tertiary/aromatic N) is 2. The van der Waals surface area contributed by atoms with E-state index in [1.807, 2.05) is 20.8 Å². The standard InChI is InChI=1S/C14H25N2O4PS2/c1-6-8-23-21(22,18-7-2)19-10-12-9-13(20-11(3)4)16-14(15-12)17-5/h9,11H,6-8,10H2,1-5H3/t21-/m0/s1. The van der Waals surface area contributed by atoms with Gasteiger partial charge in [-0.1, -0.05) is 18.3 Å². The van der Waals surface area contributed by atoms with Crippen LogP contribution in [0, 0.1) is 0 Å². The molecule has 0 aromatic carbocycles. The third-order valence-corrected chi connectivity index (χ3v) is 8.02. The lowest BCUT2D eigenvalue weighted by Gasteiger charge is -2.20. The number of ether oxygens (including phenoxy) is 2. The topological polar surface area (TPSA) is 62.7 Å². The normalized spacial score (nSPS) is 13.8. The summed E-state index contributed by atoms with van der Waals surface area (Å²) in [6.07, 6.45) is 1.03. The summed E-state index contributed by atoms with van der Waals surface area (Å²) >= 11 is 7.12. The molecule has 23 heavy (non-hydrogen) atoms. The van der Waals surface area contributed by atoms with Gasteiger partial charge in [-0.2, -0.15) is 9.97 Å². The van der Waals surface area contributed by atoms with E-state index in [1.54, 1.807) is 17.4 Å². The minimum atomic E-state index is -2.36. The molecular weight excluding hydrogens is 355 g/mol.